The van der Waals surface area contributed by atoms with E-state index in [1.54, 1.807) is 6.07 Å². The van der Waals surface area contributed by atoms with Crippen molar-refractivity contribution < 1.29 is 32.4 Å². The van der Waals surface area contributed by atoms with Gasteiger partial charge in [0.05, 0.1) is 11.3 Å². The number of esters is 1. The van der Waals surface area contributed by atoms with Gasteiger partial charge in [-0.2, -0.15) is 0 Å². The van der Waals surface area contributed by atoms with E-state index in [0.29, 0.717) is 5.56 Å². The first-order chi connectivity index (χ1) is 11.7. The molecule has 0 bridgehead atoms. The van der Waals surface area contributed by atoms with E-state index in [1.165, 1.54) is 30.3 Å². The topological polar surface area (TPSA) is 78.7 Å². The van der Waals surface area contributed by atoms with E-state index in [0.717, 1.165) is 12.1 Å². The Labute approximate surface area is 139 Å². The van der Waals surface area contributed by atoms with Crippen LogP contribution in [0.5, 0.6) is 5.75 Å². The van der Waals surface area contributed by atoms with Crippen LogP contribution in [-0.2, 0) is 22.6 Å². The number of nitrogens with zero attached hydrogens (tertiary/aromatic N) is 1. The number of nitro groups is 1. The smallest absolute Gasteiger partial charge is 0.461 e. The summed E-state index contributed by atoms with van der Waals surface area (Å²) in [6.45, 7) is -0.175. The predicted octanol–water partition coefficient (Wildman–Crippen LogP) is 3.78. The molecule has 0 aliphatic heterocycles. The zero-order valence-electron chi connectivity index (χ0n) is 12.7. The van der Waals surface area contributed by atoms with Crippen molar-refractivity contribution in [3.05, 3.63) is 69.8 Å². The fourth-order valence-electron chi connectivity index (χ4n) is 2.00. The summed E-state index contributed by atoms with van der Waals surface area (Å²) >= 11 is 0. The van der Waals surface area contributed by atoms with Gasteiger partial charge in [-0.3, -0.25) is 14.9 Å². The number of alkyl halides is 3. The van der Waals surface area contributed by atoms with E-state index in [-0.39, 0.29) is 30.0 Å². The lowest BCUT2D eigenvalue weighted by atomic mass is 10.1. The highest BCUT2D eigenvalue weighted by molar-refractivity contribution is 5.74. The summed E-state index contributed by atoms with van der Waals surface area (Å²) in [5, 5.41) is 10.9. The number of nitro benzene ring substituents is 1. The maximum absolute atomic E-state index is 12.1. The summed E-state index contributed by atoms with van der Waals surface area (Å²) in [6, 6.07) is 10.6. The molecule has 25 heavy (non-hydrogen) atoms. The Morgan fingerprint density at radius 2 is 1.72 bits per heavy atom. The third-order valence-electron chi connectivity index (χ3n) is 3.08. The lowest BCUT2D eigenvalue weighted by molar-refractivity contribution is -0.385. The first-order valence-electron chi connectivity index (χ1n) is 6.97. The van der Waals surface area contributed by atoms with Gasteiger partial charge in [-0.05, 0) is 17.7 Å². The average molecular weight is 355 g/mol. The minimum Gasteiger partial charge on any atom is -0.461 e. The number of ether oxygens (including phenoxy) is 2. The highest BCUT2D eigenvalue weighted by atomic mass is 19.4. The number of para-hydroxylation sites is 1. The summed E-state index contributed by atoms with van der Waals surface area (Å²) < 4.78 is 44.9. The van der Waals surface area contributed by atoms with Crippen LogP contribution in [0.2, 0.25) is 0 Å². The van der Waals surface area contributed by atoms with E-state index in [2.05, 4.69) is 4.74 Å². The molecule has 0 aromatic heterocycles. The first-order valence-corrected chi connectivity index (χ1v) is 6.97. The molecule has 0 heterocycles. The molecular formula is C16H12F3NO5. The predicted molar refractivity (Wildman–Crippen MR) is 79.7 cm³/mol. The van der Waals surface area contributed by atoms with Gasteiger partial charge in [-0.1, -0.05) is 30.3 Å². The van der Waals surface area contributed by atoms with Crippen LogP contribution in [0.25, 0.3) is 0 Å². The largest absolute Gasteiger partial charge is 0.573 e. The van der Waals surface area contributed by atoms with Gasteiger partial charge in [0.2, 0.25) is 0 Å². The number of carbonyl (C=O) groups is 1. The lowest BCUT2D eigenvalue weighted by Gasteiger charge is -2.09. The van der Waals surface area contributed by atoms with Gasteiger partial charge < -0.3 is 9.47 Å². The molecule has 0 atom stereocenters. The highest BCUT2D eigenvalue weighted by Gasteiger charge is 2.30. The average Bonchev–Trinajstić information content (AvgIpc) is 2.53. The van der Waals surface area contributed by atoms with Crippen molar-refractivity contribution in [1.29, 1.82) is 0 Å². The zero-order chi connectivity index (χ0) is 18.4. The normalized spacial score (nSPS) is 11.0. The van der Waals surface area contributed by atoms with E-state index < -0.39 is 17.3 Å². The standard InChI is InChI=1S/C16H12F3NO5/c17-16(18,19)25-13-7-5-11(6-8-13)10-24-15(21)9-12-3-1-2-4-14(12)20(22)23/h1-8H,9-10H2. The second kappa shape index (κ2) is 7.65. The molecule has 0 spiro atoms. The number of benzene rings is 2. The first kappa shape index (κ1) is 18.2. The van der Waals surface area contributed by atoms with Crippen LogP contribution >= 0.6 is 0 Å². The Bertz CT molecular complexity index is 759. The van der Waals surface area contributed by atoms with Crippen molar-refractivity contribution in [2.75, 3.05) is 0 Å². The lowest BCUT2D eigenvalue weighted by Crippen LogP contribution is -2.17. The monoisotopic (exact) mass is 355 g/mol. The van der Waals surface area contributed by atoms with Crippen molar-refractivity contribution in [3.63, 3.8) is 0 Å². The highest BCUT2D eigenvalue weighted by Crippen LogP contribution is 2.23. The van der Waals surface area contributed by atoms with Gasteiger partial charge in [0.1, 0.15) is 12.4 Å². The quantitative estimate of drug-likeness (QED) is 0.448. The SMILES string of the molecule is O=C(Cc1ccccc1[N+](=O)[O-])OCc1ccc(OC(F)(F)F)cc1. The fourth-order valence-corrected chi connectivity index (χ4v) is 2.00. The molecule has 2 aromatic rings. The second-order valence-electron chi connectivity index (χ2n) is 4.92. The van der Waals surface area contributed by atoms with E-state index >= 15 is 0 Å². The number of halogens is 3. The molecule has 0 aliphatic carbocycles. The van der Waals surface area contributed by atoms with Crippen molar-refractivity contribution >= 4 is 11.7 Å². The molecule has 0 saturated heterocycles. The number of carbonyl (C=O) groups excluding carboxylic acids is 1. The molecule has 2 aromatic carbocycles. The Balaban J connectivity index is 1.91. The molecule has 0 N–H and O–H groups in total. The van der Waals surface area contributed by atoms with Gasteiger partial charge >= 0.3 is 12.3 Å². The minimum atomic E-state index is -4.78. The molecule has 2 rings (SSSR count). The van der Waals surface area contributed by atoms with Gasteiger partial charge in [0.15, 0.2) is 0 Å². The minimum absolute atomic E-state index is 0.175. The Kier molecular flexibility index (Phi) is 5.58. The Morgan fingerprint density at radius 3 is 2.32 bits per heavy atom. The van der Waals surface area contributed by atoms with Crippen LogP contribution in [0.4, 0.5) is 18.9 Å². The fraction of sp³-hybridized carbons (Fsp3) is 0.188. The van der Waals surface area contributed by atoms with Crippen molar-refractivity contribution in [1.82, 2.24) is 0 Å². The summed E-state index contributed by atoms with van der Waals surface area (Å²) in [5.41, 5.74) is 0.477. The van der Waals surface area contributed by atoms with Crippen LogP contribution in [-0.4, -0.2) is 17.3 Å². The van der Waals surface area contributed by atoms with Crippen LogP contribution < -0.4 is 4.74 Å². The van der Waals surface area contributed by atoms with Crippen molar-refractivity contribution in [3.8, 4) is 5.75 Å². The third kappa shape index (κ3) is 5.79. The van der Waals surface area contributed by atoms with E-state index in [9.17, 15) is 28.1 Å². The molecule has 0 fully saturated rings. The molecule has 0 saturated carbocycles. The third-order valence-corrected chi connectivity index (χ3v) is 3.08. The molecule has 9 heteroatoms. The van der Waals surface area contributed by atoms with E-state index in [1.807, 2.05) is 0 Å². The summed E-state index contributed by atoms with van der Waals surface area (Å²) in [6.07, 6.45) is -5.06. The van der Waals surface area contributed by atoms with Gasteiger partial charge in [0, 0.05) is 11.6 Å². The number of hydrogen-bond donors (Lipinski definition) is 0. The molecular weight excluding hydrogens is 343 g/mol. The van der Waals surface area contributed by atoms with Crippen molar-refractivity contribution in [2.24, 2.45) is 0 Å². The molecule has 0 aliphatic rings. The van der Waals surface area contributed by atoms with Crippen LogP contribution in [0, 0.1) is 10.1 Å². The van der Waals surface area contributed by atoms with Crippen molar-refractivity contribution in [2.45, 2.75) is 19.4 Å². The maximum atomic E-state index is 12.1. The summed E-state index contributed by atoms with van der Waals surface area (Å²) in [7, 11) is 0. The van der Waals surface area contributed by atoms with Gasteiger partial charge in [-0.25, -0.2) is 0 Å². The molecule has 132 valence electrons. The van der Waals surface area contributed by atoms with Crippen LogP contribution in [0.1, 0.15) is 11.1 Å². The Morgan fingerprint density at radius 1 is 1.08 bits per heavy atom. The van der Waals surface area contributed by atoms with Gasteiger partial charge in [-0.15, -0.1) is 13.2 Å². The molecule has 6 nitrogen and oxygen atoms in total. The van der Waals surface area contributed by atoms with Gasteiger partial charge in [0.25, 0.3) is 5.69 Å². The second-order valence-corrected chi connectivity index (χ2v) is 4.92. The Hall–Kier alpha value is -3.10. The summed E-state index contributed by atoms with van der Waals surface area (Å²) in [5.74, 6) is -1.08. The zero-order valence-corrected chi connectivity index (χ0v) is 12.7. The molecule has 0 unspecified atom stereocenters. The van der Waals surface area contributed by atoms with Crippen LogP contribution in [0.15, 0.2) is 48.5 Å². The van der Waals surface area contributed by atoms with Crippen LogP contribution in [0.3, 0.4) is 0 Å². The maximum Gasteiger partial charge on any atom is 0.573 e. The van der Waals surface area contributed by atoms with E-state index in [4.69, 9.17) is 4.74 Å². The molecule has 0 amide bonds. The summed E-state index contributed by atoms with van der Waals surface area (Å²) in [4.78, 5) is 22.1. The number of rotatable bonds is 6. The molecule has 0 radical (unpaired) electrons. The number of hydrogen-bond acceptors (Lipinski definition) is 5.